The molecule has 71 heavy (non-hydrogen) atoms. The molecule has 0 atom stereocenters. The molecule has 0 fully saturated rings. The molecule has 0 spiro atoms. The van der Waals surface area contributed by atoms with Crippen molar-refractivity contribution in [1.82, 2.24) is 9.13 Å². The Morgan fingerprint density at radius 3 is 0.930 bits per heavy atom. The summed E-state index contributed by atoms with van der Waals surface area (Å²) in [5, 5.41) is 31.2. The SMILES string of the molecule is [CH2-][O+](C)c1ccccc1-c1scc(-n2c3ccccc3c3ccccc32)c1O.[CH2-][O+](C)c1ccccc1-c1scc(-n2c3ccccc3c3ccccc32)c1O.[CH2-]c1ccccc1.[CH2-]c1ccccc1.[Zr+2]. The zero-order chi connectivity index (χ0) is 48.7. The fourth-order valence-corrected chi connectivity index (χ4v) is 10.5. The summed E-state index contributed by atoms with van der Waals surface area (Å²) in [6.45, 7) is 7.44. The molecule has 0 aliphatic carbocycles. The second-order valence-electron chi connectivity index (χ2n) is 16.6. The molecule has 0 amide bonds. The molecule has 8 aromatic carbocycles. The van der Waals surface area contributed by atoms with Gasteiger partial charge in [0.15, 0.2) is 11.5 Å². The van der Waals surface area contributed by atoms with Gasteiger partial charge in [-0.15, -0.1) is 46.9 Å². The summed E-state index contributed by atoms with van der Waals surface area (Å²) in [6, 6.07) is 68.8. The fraction of sp³-hybridized carbons (Fsp3) is 0.0323. The van der Waals surface area contributed by atoms with Crippen LogP contribution in [0.2, 0.25) is 0 Å². The van der Waals surface area contributed by atoms with Crippen LogP contribution in [0.15, 0.2) is 217 Å². The summed E-state index contributed by atoms with van der Waals surface area (Å²) in [5.41, 5.74) is 9.96. The van der Waals surface area contributed by atoms with Gasteiger partial charge in [-0.05, 0) is 50.6 Å². The summed E-state index contributed by atoms with van der Waals surface area (Å²) in [6.07, 6.45) is 0. The average Bonchev–Trinajstić information content (AvgIpc) is 4.14. The van der Waals surface area contributed by atoms with Gasteiger partial charge in [-0.2, -0.15) is 49.2 Å². The Bertz CT molecular complexity index is 3330. The van der Waals surface area contributed by atoms with Crippen molar-refractivity contribution < 1.29 is 45.2 Å². The normalized spacial score (nSPS) is 10.6. The van der Waals surface area contributed by atoms with E-state index >= 15 is 0 Å². The van der Waals surface area contributed by atoms with E-state index < -0.39 is 0 Å². The Morgan fingerprint density at radius 2 is 0.648 bits per heavy atom. The maximum absolute atomic E-state index is 11.2. The number of aromatic hydroxyl groups is 2. The first kappa shape index (κ1) is 50.0. The van der Waals surface area contributed by atoms with Gasteiger partial charge in [0, 0.05) is 44.4 Å². The van der Waals surface area contributed by atoms with Gasteiger partial charge in [-0.3, -0.25) is 0 Å². The van der Waals surface area contributed by atoms with Crippen LogP contribution in [-0.4, -0.2) is 33.6 Å². The molecule has 4 aromatic heterocycles. The van der Waals surface area contributed by atoms with E-state index in [1.54, 1.807) is 0 Å². The summed E-state index contributed by atoms with van der Waals surface area (Å²) >= 11 is 3.08. The zero-order valence-corrected chi connectivity index (χ0v) is 43.6. The predicted molar refractivity (Wildman–Crippen MR) is 297 cm³/mol. The number of hydrogen-bond donors (Lipinski definition) is 2. The van der Waals surface area contributed by atoms with Gasteiger partial charge in [-0.25, -0.2) is 0 Å². The van der Waals surface area contributed by atoms with Crippen molar-refractivity contribution in [2.24, 2.45) is 0 Å². The molecule has 12 aromatic rings. The molecule has 6 nitrogen and oxygen atoms in total. The average molecular weight is 1040 g/mol. The topological polar surface area (TPSA) is 55.7 Å². The maximum atomic E-state index is 11.2. The molecule has 4 heterocycles. The van der Waals surface area contributed by atoms with Crippen molar-refractivity contribution in [3.8, 4) is 55.3 Å². The Kier molecular flexibility index (Phi) is 15.9. The number of fused-ring (bicyclic) bond motifs is 6. The first-order chi connectivity index (χ1) is 34.1. The van der Waals surface area contributed by atoms with Gasteiger partial charge in [0.1, 0.15) is 14.2 Å². The minimum Gasteiger partial charge on any atom is -0.713 e. The van der Waals surface area contributed by atoms with Gasteiger partial charge in [0.2, 0.25) is 11.5 Å². The van der Waals surface area contributed by atoms with Crippen LogP contribution in [0.5, 0.6) is 23.0 Å². The van der Waals surface area contributed by atoms with E-state index in [1.165, 1.54) is 44.2 Å². The molecule has 12 rings (SSSR count). The predicted octanol–water partition coefficient (Wildman–Crippen LogP) is 17.5. The van der Waals surface area contributed by atoms with Crippen LogP contribution >= 0.6 is 22.7 Å². The Morgan fingerprint density at radius 1 is 0.380 bits per heavy atom. The monoisotopic (exact) mass is 1040 g/mol. The second kappa shape index (κ2) is 22.6. The molecule has 0 radical (unpaired) electrons. The van der Waals surface area contributed by atoms with Crippen LogP contribution in [0.1, 0.15) is 11.1 Å². The molecule has 0 aliphatic heterocycles. The molecule has 0 bridgehead atoms. The minimum absolute atomic E-state index is 0. The van der Waals surface area contributed by atoms with Crippen LogP contribution in [-0.2, 0) is 34.9 Å². The third kappa shape index (κ3) is 10.4. The van der Waals surface area contributed by atoms with Crippen LogP contribution < -0.4 is 0 Å². The molecule has 2 N–H and O–H groups in total. The third-order valence-electron chi connectivity index (χ3n) is 11.8. The smallest absolute Gasteiger partial charge is 0.713 e. The number of para-hydroxylation sites is 6. The summed E-state index contributed by atoms with van der Waals surface area (Å²) in [5.74, 6) is 2.36. The number of thiophene rings is 2. The maximum Gasteiger partial charge on any atom is 2.00 e. The van der Waals surface area contributed by atoms with E-state index in [-0.39, 0.29) is 37.7 Å². The standard InChI is InChI=1S/2C24H19NO2S.2C7H7.Zr/c2*1-27(2)22-14-8-5-11-18(22)24-23(26)21(15-28-24)25-19-12-6-3-9-16(19)17-10-4-7-13-20(17)25;2*1-7-5-3-2-4-6-7;/h2*3-15,26H,1H2,2H3;2*2-6H,1H2;/q;;2*-1;+2. The number of hydrogen-bond acceptors (Lipinski definition) is 4. The van der Waals surface area contributed by atoms with Crippen molar-refractivity contribution in [3.63, 3.8) is 0 Å². The van der Waals surface area contributed by atoms with Gasteiger partial charge in [0.05, 0.1) is 54.3 Å². The van der Waals surface area contributed by atoms with Gasteiger partial charge < -0.3 is 28.1 Å². The largest absolute Gasteiger partial charge is 2.00 e. The molecule has 0 aliphatic rings. The molecule has 0 saturated carbocycles. The Hall–Kier alpha value is -7.42. The van der Waals surface area contributed by atoms with Gasteiger partial charge >= 0.3 is 26.2 Å². The first-order valence-electron chi connectivity index (χ1n) is 22.5. The van der Waals surface area contributed by atoms with Crippen LogP contribution in [0.3, 0.4) is 0 Å². The van der Waals surface area contributed by atoms with E-state index in [2.05, 4.69) is 119 Å². The first-order valence-corrected chi connectivity index (χ1v) is 24.3. The van der Waals surface area contributed by atoms with E-state index in [0.29, 0.717) is 0 Å². The molecule has 9 heteroatoms. The molecule has 0 unspecified atom stereocenters. The number of rotatable bonds is 6. The van der Waals surface area contributed by atoms with Gasteiger partial charge in [-0.1, -0.05) is 109 Å². The number of aromatic nitrogens is 2. The van der Waals surface area contributed by atoms with E-state index in [4.69, 9.17) is 0 Å². The number of nitrogens with zero attached hydrogens (tertiary/aromatic N) is 2. The van der Waals surface area contributed by atoms with Gasteiger partial charge in [0.25, 0.3) is 0 Å². The summed E-state index contributed by atoms with van der Waals surface area (Å²) in [7, 11) is 11.5. The molecular formula is C62H52N2O4S2Zr. The van der Waals surface area contributed by atoms with Crippen LogP contribution in [0.25, 0.3) is 75.9 Å². The minimum atomic E-state index is 0. The molecule has 0 saturated heterocycles. The Labute approximate surface area is 443 Å². The zero-order valence-electron chi connectivity index (χ0n) is 39.5. The van der Waals surface area contributed by atoms with E-state index in [0.717, 1.165) is 76.9 Å². The summed E-state index contributed by atoms with van der Waals surface area (Å²) in [4.78, 5) is 1.66. The van der Waals surface area contributed by atoms with Crippen molar-refractivity contribution in [2.45, 2.75) is 0 Å². The van der Waals surface area contributed by atoms with Crippen LogP contribution in [0, 0.1) is 28.1 Å². The van der Waals surface area contributed by atoms with E-state index in [9.17, 15) is 10.2 Å². The third-order valence-corrected chi connectivity index (χ3v) is 13.8. The van der Waals surface area contributed by atoms with Crippen LogP contribution in [0.4, 0.5) is 0 Å². The van der Waals surface area contributed by atoms with Crippen molar-refractivity contribution >= 4 is 66.3 Å². The van der Waals surface area contributed by atoms with Crippen molar-refractivity contribution in [1.29, 1.82) is 0 Å². The molecule has 350 valence electrons. The quantitative estimate of drug-likeness (QED) is 0.129. The van der Waals surface area contributed by atoms with Crippen molar-refractivity contribution in [2.75, 3.05) is 14.2 Å². The molecular weight excluding hydrogens is 992 g/mol. The summed E-state index contributed by atoms with van der Waals surface area (Å²) < 4.78 is 9.62. The van der Waals surface area contributed by atoms with Crippen molar-refractivity contribution in [3.05, 3.63) is 256 Å². The van der Waals surface area contributed by atoms with E-state index in [1.807, 2.05) is 158 Å². The fourth-order valence-electron chi connectivity index (χ4n) is 8.62. The number of benzene rings is 8. The second-order valence-corrected chi connectivity index (χ2v) is 18.3. The Balaban J connectivity index is 0.000000148.